The van der Waals surface area contributed by atoms with Crippen LogP contribution in [0, 0.1) is 11.8 Å². The van der Waals surface area contributed by atoms with Crippen LogP contribution in [0.1, 0.15) is 15.9 Å². The van der Waals surface area contributed by atoms with Gasteiger partial charge in [0.15, 0.2) is 6.29 Å². The van der Waals surface area contributed by atoms with Crippen molar-refractivity contribution in [1.82, 2.24) is 0 Å². The number of phenols is 1. The fourth-order valence-electron chi connectivity index (χ4n) is 0.930. The second kappa shape index (κ2) is 5.32. The minimum atomic E-state index is -0.111. The topological polar surface area (TPSA) is 86.1 Å². The number of carbonyl (C=O) groups is 1. The van der Waals surface area contributed by atoms with Gasteiger partial charge in [-0.2, -0.15) is 0 Å². The number of nitrogens with zero attached hydrogens (tertiary/aromatic N) is 3. The van der Waals surface area contributed by atoms with Crippen molar-refractivity contribution >= 4 is 6.29 Å². The van der Waals surface area contributed by atoms with Crippen LogP contribution >= 0.6 is 0 Å². The number of hydrogen-bond acceptors (Lipinski definition) is 3. The molecule has 0 aliphatic heterocycles. The molecule has 5 nitrogen and oxygen atoms in total. The highest BCUT2D eigenvalue weighted by Crippen LogP contribution is 2.15. The lowest BCUT2D eigenvalue weighted by Crippen LogP contribution is -1.82. The molecule has 0 heterocycles. The van der Waals surface area contributed by atoms with Gasteiger partial charge >= 0.3 is 0 Å². The summed E-state index contributed by atoms with van der Waals surface area (Å²) in [5.74, 6) is 5.17. The minimum absolute atomic E-state index is 0.0761. The number of azide groups is 1. The molecule has 5 heteroatoms. The van der Waals surface area contributed by atoms with Gasteiger partial charge in [0, 0.05) is 10.5 Å². The number of aldehydes is 1. The highest BCUT2D eigenvalue weighted by molar-refractivity contribution is 5.79. The van der Waals surface area contributed by atoms with Crippen molar-refractivity contribution in [1.29, 1.82) is 0 Å². The van der Waals surface area contributed by atoms with Gasteiger partial charge in [-0.15, -0.1) is 0 Å². The first-order chi connectivity index (χ1) is 7.27. The third kappa shape index (κ3) is 3.07. The van der Waals surface area contributed by atoms with Crippen molar-refractivity contribution in [3.05, 3.63) is 39.8 Å². The Morgan fingerprint density at radius 1 is 1.60 bits per heavy atom. The Balaban J connectivity index is 2.86. The maximum Gasteiger partial charge on any atom is 0.153 e. The van der Waals surface area contributed by atoms with E-state index in [1.807, 2.05) is 0 Å². The lowest BCUT2D eigenvalue weighted by atomic mass is 10.1. The maximum atomic E-state index is 10.4. The third-order valence-corrected chi connectivity index (χ3v) is 1.60. The molecular weight excluding hydrogens is 194 g/mol. The summed E-state index contributed by atoms with van der Waals surface area (Å²) in [6, 6.07) is 4.46. The molecule has 0 aliphatic rings. The Kier molecular flexibility index (Phi) is 3.78. The summed E-state index contributed by atoms with van der Waals surface area (Å²) in [4.78, 5) is 12.9. The Hall–Kier alpha value is -2.44. The van der Waals surface area contributed by atoms with E-state index in [0.29, 0.717) is 11.8 Å². The lowest BCUT2D eigenvalue weighted by Gasteiger charge is -1.96. The van der Waals surface area contributed by atoms with Gasteiger partial charge in [-0.1, -0.05) is 17.0 Å². The fourth-order valence-corrected chi connectivity index (χ4v) is 0.930. The van der Waals surface area contributed by atoms with E-state index >= 15 is 0 Å². The molecule has 0 aromatic heterocycles. The molecule has 0 aliphatic carbocycles. The summed E-state index contributed by atoms with van der Waals surface area (Å²) in [5.41, 5.74) is 8.77. The number of aromatic hydroxyl groups is 1. The van der Waals surface area contributed by atoms with Gasteiger partial charge in [0.25, 0.3) is 0 Å². The highest BCUT2D eigenvalue weighted by Gasteiger charge is 1.98. The maximum absolute atomic E-state index is 10.4. The molecule has 0 amide bonds. The number of benzene rings is 1. The summed E-state index contributed by atoms with van der Waals surface area (Å²) >= 11 is 0. The molecular formula is C10H7N3O2. The Bertz CT molecular complexity index is 479. The van der Waals surface area contributed by atoms with Gasteiger partial charge in [-0.05, 0) is 23.7 Å². The first-order valence-electron chi connectivity index (χ1n) is 4.06. The third-order valence-electron chi connectivity index (χ3n) is 1.60. The van der Waals surface area contributed by atoms with Gasteiger partial charge in [-0.25, -0.2) is 0 Å². The Labute approximate surface area is 86.0 Å². The van der Waals surface area contributed by atoms with Crippen LogP contribution in [0.5, 0.6) is 5.75 Å². The van der Waals surface area contributed by atoms with Gasteiger partial charge in [0.1, 0.15) is 5.75 Å². The van der Waals surface area contributed by atoms with Crippen LogP contribution in [0.15, 0.2) is 23.3 Å². The molecule has 1 N–H and O–H groups in total. The SMILES string of the molecule is [N-]=[N+]=NCC#Cc1ccc(C=O)c(O)c1. The molecule has 0 atom stereocenters. The second-order valence-corrected chi connectivity index (χ2v) is 2.58. The van der Waals surface area contributed by atoms with Crippen LogP contribution in [-0.4, -0.2) is 17.9 Å². The quantitative estimate of drug-likeness (QED) is 0.260. The number of carbonyl (C=O) groups excluding carboxylic acids is 1. The molecule has 15 heavy (non-hydrogen) atoms. The van der Waals surface area contributed by atoms with Crippen LogP contribution in [0.3, 0.4) is 0 Å². The zero-order valence-corrected chi connectivity index (χ0v) is 7.71. The summed E-state index contributed by atoms with van der Waals surface area (Å²) in [6.45, 7) is 0.0761. The van der Waals surface area contributed by atoms with Gasteiger partial charge < -0.3 is 5.11 Å². The smallest absolute Gasteiger partial charge is 0.153 e. The summed E-state index contributed by atoms with van der Waals surface area (Å²) in [6.07, 6.45) is 0.562. The molecule has 0 saturated carbocycles. The van der Waals surface area contributed by atoms with E-state index in [4.69, 9.17) is 5.53 Å². The molecule has 1 aromatic rings. The molecule has 0 bridgehead atoms. The predicted octanol–water partition coefficient (Wildman–Crippen LogP) is 1.87. The second-order valence-electron chi connectivity index (χ2n) is 2.58. The Morgan fingerprint density at radius 2 is 2.40 bits per heavy atom. The number of phenolic OH excluding ortho intramolecular Hbond substituents is 1. The van der Waals surface area contributed by atoms with Crippen LogP contribution in [0.25, 0.3) is 10.4 Å². The van der Waals surface area contributed by atoms with Crippen LogP contribution in [0.4, 0.5) is 0 Å². The monoisotopic (exact) mass is 201 g/mol. The molecule has 0 radical (unpaired) electrons. The average Bonchev–Trinajstić information content (AvgIpc) is 2.25. The fraction of sp³-hybridized carbons (Fsp3) is 0.100. The zero-order chi connectivity index (χ0) is 11.1. The van der Waals surface area contributed by atoms with Crippen molar-refractivity contribution in [3.8, 4) is 17.6 Å². The van der Waals surface area contributed by atoms with Crippen molar-refractivity contribution in [2.24, 2.45) is 5.11 Å². The molecule has 1 rings (SSSR count). The molecule has 0 unspecified atom stereocenters. The van der Waals surface area contributed by atoms with Gasteiger partial charge in [-0.3, -0.25) is 4.79 Å². The minimum Gasteiger partial charge on any atom is -0.507 e. The molecule has 0 saturated heterocycles. The Morgan fingerprint density at radius 3 is 3.00 bits per heavy atom. The number of hydrogen-bond donors (Lipinski definition) is 1. The van der Waals surface area contributed by atoms with Crippen molar-refractivity contribution in [3.63, 3.8) is 0 Å². The van der Waals surface area contributed by atoms with E-state index in [1.165, 1.54) is 12.1 Å². The zero-order valence-electron chi connectivity index (χ0n) is 7.71. The summed E-state index contributed by atoms with van der Waals surface area (Å²) in [5, 5.41) is 12.5. The van der Waals surface area contributed by atoms with Crippen molar-refractivity contribution in [2.45, 2.75) is 0 Å². The normalized spacial score (nSPS) is 8.27. The van der Waals surface area contributed by atoms with Gasteiger partial charge in [0.2, 0.25) is 0 Å². The molecule has 0 spiro atoms. The van der Waals surface area contributed by atoms with E-state index in [-0.39, 0.29) is 17.9 Å². The van der Waals surface area contributed by atoms with E-state index < -0.39 is 0 Å². The lowest BCUT2D eigenvalue weighted by molar-refractivity contribution is 0.112. The van der Waals surface area contributed by atoms with E-state index in [9.17, 15) is 9.90 Å². The highest BCUT2D eigenvalue weighted by atomic mass is 16.3. The number of rotatable bonds is 2. The van der Waals surface area contributed by atoms with E-state index in [1.54, 1.807) is 6.07 Å². The van der Waals surface area contributed by atoms with E-state index in [0.717, 1.165) is 0 Å². The average molecular weight is 201 g/mol. The standard InChI is InChI=1S/C10H7N3O2/c11-13-12-5-1-2-8-3-4-9(7-14)10(15)6-8/h3-4,6-7,15H,5H2. The first kappa shape index (κ1) is 10.6. The molecule has 74 valence electrons. The largest absolute Gasteiger partial charge is 0.507 e. The van der Waals surface area contributed by atoms with Crippen LogP contribution in [-0.2, 0) is 0 Å². The van der Waals surface area contributed by atoms with Crippen LogP contribution in [0.2, 0.25) is 0 Å². The van der Waals surface area contributed by atoms with Crippen molar-refractivity contribution < 1.29 is 9.90 Å². The van der Waals surface area contributed by atoms with E-state index in [2.05, 4.69) is 21.9 Å². The van der Waals surface area contributed by atoms with Gasteiger partial charge in [0.05, 0.1) is 12.1 Å². The first-order valence-corrected chi connectivity index (χ1v) is 4.06. The molecule has 0 fully saturated rings. The van der Waals surface area contributed by atoms with Crippen molar-refractivity contribution in [2.75, 3.05) is 6.54 Å². The molecule has 1 aromatic carbocycles. The summed E-state index contributed by atoms with van der Waals surface area (Å²) < 4.78 is 0. The predicted molar refractivity (Wildman–Crippen MR) is 54.4 cm³/mol. The summed E-state index contributed by atoms with van der Waals surface area (Å²) in [7, 11) is 0. The van der Waals surface area contributed by atoms with Crippen LogP contribution < -0.4 is 0 Å².